The van der Waals surface area contributed by atoms with Crippen LogP contribution < -0.4 is 0 Å². The van der Waals surface area contributed by atoms with E-state index >= 15 is 0 Å². The summed E-state index contributed by atoms with van der Waals surface area (Å²) in [6.45, 7) is 4.11. The van der Waals surface area contributed by atoms with E-state index < -0.39 is 9.04 Å². The lowest BCUT2D eigenvalue weighted by molar-refractivity contribution is 0.434. The van der Waals surface area contributed by atoms with Gasteiger partial charge in [0, 0.05) is 7.11 Å². The second-order valence-electron chi connectivity index (χ2n) is 1.31. The Hall–Kier alpha value is -0.0831. The van der Waals surface area contributed by atoms with Crippen LogP contribution in [0.4, 0.5) is 0 Å². The van der Waals surface area contributed by atoms with Gasteiger partial charge in [0.1, 0.15) is 0 Å². The maximum Gasteiger partial charge on any atom is 0.235 e. The molecular formula is C5H11OSi. The third kappa shape index (κ3) is 3.75. The Morgan fingerprint density at radius 3 is 2.29 bits per heavy atom. The number of hydrogen-bond donors (Lipinski definition) is 0. The van der Waals surface area contributed by atoms with Crippen molar-refractivity contribution in [1.82, 2.24) is 0 Å². The molecule has 41 valence electrons. The molecule has 1 nitrogen and oxygen atoms in total. The van der Waals surface area contributed by atoms with E-state index in [0.29, 0.717) is 0 Å². The van der Waals surface area contributed by atoms with Crippen LogP contribution in [-0.4, -0.2) is 16.2 Å². The standard InChI is InChI=1S/C5H11OSi/c1-4-5-7(3)6-2/h4-5H,1-3H3/b5-4+. The summed E-state index contributed by atoms with van der Waals surface area (Å²) >= 11 is 0. The molecule has 0 atom stereocenters. The summed E-state index contributed by atoms with van der Waals surface area (Å²) in [4.78, 5) is 0. The van der Waals surface area contributed by atoms with E-state index in [-0.39, 0.29) is 0 Å². The van der Waals surface area contributed by atoms with Gasteiger partial charge < -0.3 is 4.43 Å². The predicted octanol–water partition coefficient (Wildman–Crippen LogP) is 1.37. The van der Waals surface area contributed by atoms with Gasteiger partial charge in [-0.1, -0.05) is 11.8 Å². The van der Waals surface area contributed by atoms with Crippen LogP contribution in [-0.2, 0) is 4.43 Å². The molecule has 7 heavy (non-hydrogen) atoms. The molecule has 0 aliphatic rings. The van der Waals surface area contributed by atoms with Crippen LogP contribution in [0.15, 0.2) is 11.8 Å². The number of rotatable bonds is 2. The first-order valence-electron chi connectivity index (χ1n) is 2.31. The molecule has 0 aliphatic carbocycles. The first-order valence-corrected chi connectivity index (χ1v) is 4.30. The SMILES string of the molecule is C/C=C/[Si](C)OC. The highest BCUT2D eigenvalue weighted by Crippen LogP contribution is 1.82. The second-order valence-corrected chi connectivity index (χ2v) is 3.28. The summed E-state index contributed by atoms with van der Waals surface area (Å²) in [5, 5.41) is 0. The molecule has 0 amide bonds. The largest absolute Gasteiger partial charge is 0.416 e. The topological polar surface area (TPSA) is 9.23 Å². The van der Waals surface area contributed by atoms with Crippen molar-refractivity contribution in [2.45, 2.75) is 13.5 Å². The summed E-state index contributed by atoms with van der Waals surface area (Å²) in [6, 6.07) is 0. The molecule has 0 aromatic carbocycles. The molecule has 0 aromatic heterocycles. The first-order chi connectivity index (χ1) is 3.31. The maximum absolute atomic E-state index is 5.01. The van der Waals surface area contributed by atoms with Crippen LogP contribution in [0.1, 0.15) is 6.92 Å². The first kappa shape index (κ1) is 6.92. The molecular weight excluding hydrogens is 104 g/mol. The van der Waals surface area contributed by atoms with Crippen molar-refractivity contribution in [3.05, 3.63) is 11.8 Å². The maximum atomic E-state index is 5.01. The molecule has 1 radical (unpaired) electrons. The average Bonchev–Trinajstić information content (AvgIpc) is 1.68. The van der Waals surface area contributed by atoms with Crippen molar-refractivity contribution >= 4 is 9.04 Å². The fourth-order valence-electron chi connectivity index (χ4n) is 0.303. The lowest BCUT2D eigenvalue weighted by Crippen LogP contribution is -2.04. The van der Waals surface area contributed by atoms with Gasteiger partial charge in [0.25, 0.3) is 0 Å². The lowest BCUT2D eigenvalue weighted by atomic mass is 10.8. The van der Waals surface area contributed by atoms with Gasteiger partial charge in [-0.05, 0) is 13.5 Å². The molecule has 0 aromatic rings. The minimum atomic E-state index is -0.560. The molecule has 0 heterocycles. The zero-order valence-electron chi connectivity index (χ0n) is 5.06. The Bertz CT molecular complexity index is 61.1. The van der Waals surface area contributed by atoms with Crippen LogP contribution >= 0.6 is 0 Å². The minimum absolute atomic E-state index is 0.560. The van der Waals surface area contributed by atoms with Gasteiger partial charge in [0.05, 0.1) is 0 Å². The van der Waals surface area contributed by atoms with Crippen LogP contribution in [0.25, 0.3) is 0 Å². The monoisotopic (exact) mass is 115 g/mol. The van der Waals surface area contributed by atoms with E-state index in [1.807, 2.05) is 13.0 Å². The Balaban J connectivity index is 3.16. The summed E-state index contributed by atoms with van der Waals surface area (Å²) in [5.74, 6) is 0. The summed E-state index contributed by atoms with van der Waals surface area (Å²) < 4.78 is 5.01. The van der Waals surface area contributed by atoms with Crippen molar-refractivity contribution in [2.24, 2.45) is 0 Å². The van der Waals surface area contributed by atoms with Gasteiger partial charge in [-0.15, -0.1) is 0 Å². The van der Waals surface area contributed by atoms with Crippen LogP contribution in [0.3, 0.4) is 0 Å². The Labute approximate surface area is 46.7 Å². The third-order valence-electron chi connectivity index (χ3n) is 0.723. The Kier molecular flexibility index (Phi) is 4.04. The fraction of sp³-hybridized carbons (Fsp3) is 0.600. The molecule has 0 spiro atoms. The highest BCUT2D eigenvalue weighted by Gasteiger charge is 1.91. The van der Waals surface area contributed by atoms with E-state index in [1.165, 1.54) is 0 Å². The molecule has 0 aliphatic heterocycles. The van der Waals surface area contributed by atoms with Crippen LogP contribution in [0.5, 0.6) is 0 Å². The van der Waals surface area contributed by atoms with Crippen molar-refractivity contribution in [3.63, 3.8) is 0 Å². The second kappa shape index (κ2) is 4.09. The van der Waals surface area contributed by atoms with Gasteiger partial charge in [-0.25, -0.2) is 0 Å². The van der Waals surface area contributed by atoms with Crippen LogP contribution in [0, 0.1) is 0 Å². The highest BCUT2D eigenvalue weighted by atomic mass is 28.3. The molecule has 0 saturated carbocycles. The summed E-state index contributed by atoms with van der Waals surface area (Å²) in [5.41, 5.74) is 2.10. The number of allylic oxidation sites excluding steroid dienone is 1. The molecule has 0 unspecified atom stereocenters. The van der Waals surface area contributed by atoms with Crippen molar-refractivity contribution < 1.29 is 4.43 Å². The van der Waals surface area contributed by atoms with Crippen molar-refractivity contribution in [2.75, 3.05) is 7.11 Å². The summed E-state index contributed by atoms with van der Waals surface area (Å²) in [7, 11) is 1.18. The minimum Gasteiger partial charge on any atom is -0.416 e. The zero-order valence-corrected chi connectivity index (χ0v) is 6.06. The van der Waals surface area contributed by atoms with E-state index in [0.717, 1.165) is 0 Å². The van der Waals surface area contributed by atoms with E-state index in [9.17, 15) is 0 Å². The molecule has 0 rings (SSSR count). The van der Waals surface area contributed by atoms with Crippen molar-refractivity contribution in [3.8, 4) is 0 Å². The molecule has 0 bridgehead atoms. The van der Waals surface area contributed by atoms with Gasteiger partial charge in [-0.3, -0.25) is 0 Å². The van der Waals surface area contributed by atoms with Gasteiger partial charge in [-0.2, -0.15) is 0 Å². The Morgan fingerprint density at radius 1 is 1.57 bits per heavy atom. The zero-order chi connectivity index (χ0) is 5.70. The van der Waals surface area contributed by atoms with Gasteiger partial charge in [0.2, 0.25) is 9.04 Å². The van der Waals surface area contributed by atoms with E-state index in [4.69, 9.17) is 4.43 Å². The molecule has 0 N–H and O–H groups in total. The fourth-order valence-corrected chi connectivity index (χ4v) is 0.908. The number of hydrogen-bond acceptors (Lipinski definition) is 1. The van der Waals surface area contributed by atoms with Gasteiger partial charge >= 0.3 is 0 Å². The smallest absolute Gasteiger partial charge is 0.235 e. The third-order valence-corrected chi connectivity index (χ3v) is 2.17. The summed E-state index contributed by atoms with van der Waals surface area (Å²) in [6.07, 6.45) is 2.03. The van der Waals surface area contributed by atoms with E-state index in [2.05, 4.69) is 12.2 Å². The van der Waals surface area contributed by atoms with E-state index in [1.54, 1.807) is 7.11 Å². The quantitative estimate of drug-likeness (QED) is 0.494. The predicted molar refractivity (Wildman–Crippen MR) is 33.4 cm³/mol. The molecule has 0 saturated heterocycles. The molecule has 0 fully saturated rings. The highest BCUT2D eigenvalue weighted by molar-refractivity contribution is 6.56. The normalized spacial score (nSPS) is 11.4. The molecule has 2 heteroatoms. The Morgan fingerprint density at radius 2 is 2.14 bits per heavy atom. The lowest BCUT2D eigenvalue weighted by Gasteiger charge is -1.94. The van der Waals surface area contributed by atoms with Crippen LogP contribution in [0.2, 0.25) is 6.55 Å². The van der Waals surface area contributed by atoms with Crippen molar-refractivity contribution in [1.29, 1.82) is 0 Å². The van der Waals surface area contributed by atoms with Gasteiger partial charge in [0.15, 0.2) is 0 Å². The average molecular weight is 115 g/mol.